The Morgan fingerprint density at radius 3 is 2.65 bits per heavy atom. The molecule has 0 spiro atoms. The Bertz CT molecular complexity index is 1110. The molecule has 2 N–H and O–H groups in total. The smallest absolute Gasteiger partial charge is 0.306 e. The molecule has 0 saturated carbocycles. The highest BCUT2D eigenvalue weighted by molar-refractivity contribution is 7.40. The summed E-state index contributed by atoms with van der Waals surface area (Å²) in [6, 6.07) is 13.5. The van der Waals surface area contributed by atoms with Crippen molar-refractivity contribution < 1.29 is 14.1 Å². The molecule has 2 heterocycles. The number of hydrogen-bond acceptors (Lipinski definition) is 7. The molecule has 31 heavy (non-hydrogen) atoms. The van der Waals surface area contributed by atoms with E-state index in [1.54, 1.807) is 6.20 Å². The Balaban J connectivity index is 1.54. The summed E-state index contributed by atoms with van der Waals surface area (Å²) in [6.45, 7) is 2.82. The van der Waals surface area contributed by atoms with E-state index in [0.29, 0.717) is 31.7 Å². The minimum Gasteiger partial charge on any atom is -0.461 e. The van der Waals surface area contributed by atoms with Crippen molar-refractivity contribution in [3.63, 3.8) is 0 Å². The van der Waals surface area contributed by atoms with Crippen LogP contribution in [0.25, 0.3) is 11.3 Å². The third-order valence-corrected chi connectivity index (χ3v) is 4.39. The molecule has 160 valence electrons. The summed E-state index contributed by atoms with van der Waals surface area (Å²) in [5.41, 5.74) is 3.42. The van der Waals surface area contributed by atoms with Crippen LogP contribution in [0.5, 0.6) is 0 Å². The van der Waals surface area contributed by atoms with Gasteiger partial charge < -0.3 is 10.6 Å². The number of nitrogens with zero attached hydrogens (tertiary/aromatic N) is 6. The molecule has 0 amide bonds. The summed E-state index contributed by atoms with van der Waals surface area (Å²) in [6.07, 6.45) is 6.51. The minimum atomic E-state index is -0.198. The molecular formula is C21H25N7O2P+. The first-order valence-electron chi connectivity index (χ1n) is 9.75. The molecular weight excluding hydrogens is 413 g/mol. The van der Waals surface area contributed by atoms with Crippen LogP contribution in [-0.4, -0.2) is 26.3 Å². The Morgan fingerprint density at radius 1 is 1.23 bits per heavy atom. The maximum Gasteiger partial charge on any atom is 0.306 e. The first kappa shape index (κ1) is 22.2. The zero-order chi connectivity index (χ0) is 22.1. The number of carbonyl (C=O) groups excluding carboxylic acids is 1. The van der Waals surface area contributed by atoms with Crippen molar-refractivity contribution in [1.29, 1.82) is 0 Å². The second-order valence-electron chi connectivity index (χ2n) is 6.78. The first-order chi connectivity index (χ1) is 15.0. The van der Waals surface area contributed by atoms with E-state index in [-0.39, 0.29) is 11.6 Å². The van der Waals surface area contributed by atoms with Gasteiger partial charge in [-0.3, -0.25) is 4.79 Å². The molecule has 1 atom stereocenters. The number of esters is 1. The molecule has 1 aromatic carbocycles. The fourth-order valence-electron chi connectivity index (χ4n) is 2.77. The van der Waals surface area contributed by atoms with Crippen molar-refractivity contribution in [3.8, 4) is 11.3 Å². The number of carbonyl (C=O) groups is 1. The van der Waals surface area contributed by atoms with Crippen LogP contribution in [0.3, 0.4) is 0 Å². The van der Waals surface area contributed by atoms with Gasteiger partial charge in [0.25, 0.3) is 5.62 Å². The van der Waals surface area contributed by atoms with Gasteiger partial charge in [0.05, 0.1) is 18.1 Å². The zero-order valence-electron chi connectivity index (χ0n) is 17.3. The van der Waals surface area contributed by atoms with Gasteiger partial charge in [-0.05, 0) is 12.5 Å². The fourth-order valence-corrected chi connectivity index (χ4v) is 2.88. The monoisotopic (exact) mass is 438 g/mol. The van der Waals surface area contributed by atoms with E-state index in [0.717, 1.165) is 16.6 Å². The SMILES string of the molecule is C/C(P)=N\n1nc(-c2cc[n+](CCCC(=O)OCc3ccccc3)cc2)cn/c1=N/N. The van der Waals surface area contributed by atoms with Gasteiger partial charge in [0.1, 0.15) is 18.8 Å². The van der Waals surface area contributed by atoms with Crippen molar-refractivity contribution in [2.24, 2.45) is 16.0 Å². The van der Waals surface area contributed by atoms with Crippen molar-refractivity contribution in [2.75, 3.05) is 0 Å². The van der Waals surface area contributed by atoms with E-state index in [2.05, 4.69) is 29.5 Å². The normalized spacial score (nSPS) is 12.1. The topological polar surface area (TPSA) is 112 Å². The average Bonchev–Trinajstić information content (AvgIpc) is 2.78. The number of aromatic nitrogens is 4. The lowest BCUT2D eigenvalue weighted by molar-refractivity contribution is -0.697. The van der Waals surface area contributed by atoms with Crippen molar-refractivity contribution in [2.45, 2.75) is 32.9 Å². The summed E-state index contributed by atoms with van der Waals surface area (Å²) in [5.74, 6) is 5.14. The second kappa shape index (κ2) is 11.1. The zero-order valence-corrected chi connectivity index (χ0v) is 18.4. The second-order valence-corrected chi connectivity index (χ2v) is 7.61. The summed E-state index contributed by atoms with van der Waals surface area (Å²) < 4.78 is 7.31. The lowest BCUT2D eigenvalue weighted by atomic mass is 10.2. The lowest BCUT2D eigenvalue weighted by Gasteiger charge is -2.05. The van der Waals surface area contributed by atoms with Gasteiger partial charge in [-0.25, -0.2) is 9.55 Å². The molecule has 0 bridgehead atoms. The minimum absolute atomic E-state index is 0.198. The highest BCUT2D eigenvalue weighted by Crippen LogP contribution is 2.12. The van der Waals surface area contributed by atoms with Crippen LogP contribution in [-0.2, 0) is 22.7 Å². The van der Waals surface area contributed by atoms with E-state index in [1.165, 1.54) is 4.79 Å². The molecule has 0 aliphatic carbocycles. The quantitative estimate of drug-likeness (QED) is 0.143. The fraction of sp³-hybridized carbons (Fsp3) is 0.238. The molecule has 3 rings (SSSR count). The largest absolute Gasteiger partial charge is 0.461 e. The number of nitrogens with two attached hydrogens (primary N) is 1. The van der Waals surface area contributed by atoms with Crippen molar-refractivity contribution in [3.05, 3.63) is 72.2 Å². The molecule has 2 aromatic heterocycles. The van der Waals surface area contributed by atoms with E-state index < -0.39 is 0 Å². The summed E-state index contributed by atoms with van der Waals surface area (Å²) >= 11 is 0. The van der Waals surface area contributed by atoms with Gasteiger partial charge in [-0.15, -0.1) is 15.0 Å². The highest BCUT2D eigenvalue weighted by atomic mass is 31.0. The number of pyridine rings is 1. The molecule has 3 aromatic rings. The Labute approximate surface area is 182 Å². The number of hydrogen-bond donors (Lipinski definition) is 1. The van der Waals surface area contributed by atoms with Gasteiger partial charge >= 0.3 is 5.97 Å². The average molecular weight is 438 g/mol. The van der Waals surface area contributed by atoms with Crippen LogP contribution in [0.4, 0.5) is 0 Å². The molecule has 9 nitrogen and oxygen atoms in total. The predicted molar refractivity (Wildman–Crippen MR) is 119 cm³/mol. The third-order valence-electron chi connectivity index (χ3n) is 4.28. The maximum atomic E-state index is 11.9. The third kappa shape index (κ3) is 6.79. The van der Waals surface area contributed by atoms with E-state index in [9.17, 15) is 4.79 Å². The summed E-state index contributed by atoms with van der Waals surface area (Å²) in [5, 5.41) is 12.2. The first-order valence-corrected chi connectivity index (χ1v) is 10.3. The van der Waals surface area contributed by atoms with Gasteiger partial charge in [0, 0.05) is 24.1 Å². The van der Waals surface area contributed by atoms with Gasteiger partial charge in [-0.2, -0.15) is 5.10 Å². The van der Waals surface area contributed by atoms with Crippen LogP contribution in [0.15, 0.2) is 71.3 Å². The van der Waals surface area contributed by atoms with Crippen LogP contribution in [0.2, 0.25) is 0 Å². The lowest BCUT2D eigenvalue weighted by Crippen LogP contribution is -2.33. The van der Waals surface area contributed by atoms with Crippen LogP contribution < -0.4 is 16.0 Å². The molecule has 0 aliphatic rings. The van der Waals surface area contributed by atoms with Crippen LogP contribution in [0, 0.1) is 0 Å². The maximum absolute atomic E-state index is 11.9. The number of benzene rings is 1. The Kier molecular flexibility index (Phi) is 7.95. The van der Waals surface area contributed by atoms with Crippen molar-refractivity contribution >= 4 is 20.7 Å². The Hall–Kier alpha value is -3.45. The van der Waals surface area contributed by atoms with Crippen molar-refractivity contribution in [1.82, 2.24) is 14.9 Å². The van der Waals surface area contributed by atoms with Crippen LogP contribution in [0.1, 0.15) is 25.3 Å². The predicted octanol–water partition coefficient (Wildman–Crippen LogP) is 1.59. The molecule has 0 fully saturated rings. The van der Waals surface area contributed by atoms with Gasteiger partial charge in [0.2, 0.25) is 0 Å². The highest BCUT2D eigenvalue weighted by Gasteiger charge is 2.09. The van der Waals surface area contributed by atoms with Crippen LogP contribution >= 0.6 is 9.24 Å². The van der Waals surface area contributed by atoms with Gasteiger partial charge in [0.15, 0.2) is 12.4 Å². The van der Waals surface area contributed by atoms with E-state index in [4.69, 9.17) is 10.6 Å². The standard InChI is InChI=1S/C21H25N7O2P/c1-16(31)25-28-21(24-22)23-14-19(26-28)18-9-12-27(13-10-18)11-5-8-20(29)30-15-17-6-3-2-4-7-17/h2-4,6-7,9-10,12-14H,5,8,11,15,22,31H2,1H3/q+1/b24-21-,25-16+. The van der Waals surface area contributed by atoms with Gasteiger partial charge in [-0.1, -0.05) is 39.6 Å². The summed E-state index contributed by atoms with van der Waals surface area (Å²) in [7, 11) is 2.48. The number of aryl methyl sites for hydroxylation is 1. The van der Waals surface area contributed by atoms with E-state index in [1.807, 2.05) is 66.3 Å². The summed E-state index contributed by atoms with van der Waals surface area (Å²) in [4.78, 5) is 17.4. The Morgan fingerprint density at radius 2 is 1.97 bits per heavy atom. The molecule has 0 saturated heterocycles. The number of ether oxygens (including phenoxy) is 1. The van der Waals surface area contributed by atoms with E-state index >= 15 is 0 Å². The number of rotatable bonds is 8. The molecule has 0 radical (unpaired) electrons. The molecule has 10 heteroatoms. The molecule has 0 aliphatic heterocycles. The molecule has 1 unspecified atom stereocenters.